The summed E-state index contributed by atoms with van der Waals surface area (Å²) in [6, 6.07) is 11.1. The second kappa shape index (κ2) is 8.92. The van der Waals surface area contributed by atoms with Crippen LogP contribution in [-0.2, 0) is 19.4 Å². The van der Waals surface area contributed by atoms with Crippen LogP contribution in [0.5, 0.6) is 0 Å². The number of halogens is 3. The number of aryl methyl sites for hydroxylation is 2. The summed E-state index contributed by atoms with van der Waals surface area (Å²) in [7, 11) is 0. The molecule has 0 spiro atoms. The minimum absolute atomic E-state index is 0.254. The fourth-order valence-electron chi connectivity index (χ4n) is 4.19. The molecular formula is C24H22ClF2N5. The Morgan fingerprint density at radius 2 is 1.91 bits per heavy atom. The quantitative estimate of drug-likeness (QED) is 0.455. The zero-order valence-corrected chi connectivity index (χ0v) is 18.1. The zero-order chi connectivity index (χ0) is 22.1. The molecule has 0 unspecified atom stereocenters. The number of nitrogens with one attached hydrogen (secondary N) is 1. The molecule has 2 aromatic carbocycles. The molecule has 1 fully saturated rings. The van der Waals surface area contributed by atoms with Gasteiger partial charge >= 0.3 is 0 Å². The molecule has 0 bridgehead atoms. The van der Waals surface area contributed by atoms with E-state index in [0.29, 0.717) is 53.1 Å². The van der Waals surface area contributed by atoms with Gasteiger partial charge in [-0.25, -0.2) is 23.7 Å². The van der Waals surface area contributed by atoms with Crippen LogP contribution in [0.2, 0.25) is 5.02 Å². The van der Waals surface area contributed by atoms with E-state index in [1.54, 1.807) is 30.5 Å². The molecule has 164 valence electrons. The number of benzene rings is 2. The number of hydrogen-bond acceptors (Lipinski definition) is 4. The van der Waals surface area contributed by atoms with Crippen LogP contribution in [0.4, 0.5) is 8.78 Å². The van der Waals surface area contributed by atoms with Gasteiger partial charge < -0.3 is 9.88 Å². The smallest absolute Gasteiger partial charge is 0.164 e. The van der Waals surface area contributed by atoms with E-state index in [4.69, 9.17) is 16.6 Å². The Morgan fingerprint density at radius 1 is 1.06 bits per heavy atom. The lowest BCUT2D eigenvalue weighted by molar-refractivity contribution is 0.489. The van der Waals surface area contributed by atoms with Gasteiger partial charge in [-0.3, -0.25) is 0 Å². The van der Waals surface area contributed by atoms with Gasteiger partial charge in [0, 0.05) is 13.0 Å². The standard InChI is InChI=1S/C24H22ClF2N5/c25-18-2-1-3-19(27)22(18)24-30-20-13-29-21(9-6-15-4-7-17(26)8-5-15)31-23(20)32(24)14-16-10-11-28-12-16/h1-5,7-8,13,16,28H,6,9-12,14H2/t16-/m0/s1. The summed E-state index contributed by atoms with van der Waals surface area (Å²) >= 11 is 6.37. The Labute approximate surface area is 189 Å². The molecular weight excluding hydrogens is 432 g/mol. The molecule has 8 heteroatoms. The lowest BCUT2D eigenvalue weighted by Crippen LogP contribution is -2.16. The van der Waals surface area contributed by atoms with Crippen LogP contribution in [0.25, 0.3) is 22.6 Å². The first-order chi connectivity index (χ1) is 15.6. The Morgan fingerprint density at radius 3 is 2.66 bits per heavy atom. The van der Waals surface area contributed by atoms with Crippen LogP contribution in [0.15, 0.2) is 48.7 Å². The second-order valence-corrected chi connectivity index (χ2v) is 8.53. The van der Waals surface area contributed by atoms with Crippen molar-refractivity contribution < 1.29 is 8.78 Å². The molecule has 1 aliphatic rings. The maximum Gasteiger partial charge on any atom is 0.164 e. The van der Waals surface area contributed by atoms with E-state index in [9.17, 15) is 8.78 Å². The average molecular weight is 454 g/mol. The largest absolute Gasteiger partial charge is 0.316 e. The first-order valence-corrected chi connectivity index (χ1v) is 11.1. The van der Waals surface area contributed by atoms with Crippen molar-refractivity contribution in [3.8, 4) is 11.4 Å². The highest BCUT2D eigenvalue weighted by Crippen LogP contribution is 2.33. The minimum atomic E-state index is -0.414. The third-order valence-electron chi connectivity index (χ3n) is 5.88. The molecule has 32 heavy (non-hydrogen) atoms. The van der Waals surface area contributed by atoms with E-state index in [1.807, 2.05) is 4.57 Å². The van der Waals surface area contributed by atoms with Crippen molar-refractivity contribution in [3.63, 3.8) is 0 Å². The van der Waals surface area contributed by atoms with E-state index < -0.39 is 5.82 Å². The summed E-state index contributed by atoms with van der Waals surface area (Å²) in [6.45, 7) is 2.52. The van der Waals surface area contributed by atoms with Crippen LogP contribution >= 0.6 is 11.6 Å². The zero-order valence-electron chi connectivity index (χ0n) is 17.4. The van der Waals surface area contributed by atoms with E-state index in [2.05, 4.69) is 15.3 Å². The summed E-state index contributed by atoms with van der Waals surface area (Å²) in [5.41, 5.74) is 2.58. The molecule has 0 aliphatic carbocycles. The Balaban J connectivity index is 1.54. The molecule has 1 N–H and O–H groups in total. The third kappa shape index (κ3) is 4.23. The Bertz CT molecular complexity index is 1230. The molecule has 0 amide bonds. The summed E-state index contributed by atoms with van der Waals surface area (Å²) in [6.07, 6.45) is 4.02. The van der Waals surface area contributed by atoms with Crippen molar-refractivity contribution in [1.82, 2.24) is 24.8 Å². The van der Waals surface area contributed by atoms with Gasteiger partial charge in [-0.1, -0.05) is 29.8 Å². The summed E-state index contributed by atoms with van der Waals surface area (Å²) in [5.74, 6) is 0.868. The van der Waals surface area contributed by atoms with Crippen LogP contribution in [-0.4, -0.2) is 32.6 Å². The van der Waals surface area contributed by atoms with Gasteiger partial charge in [0.1, 0.15) is 28.8 Å². The lowest BCUT2D eigenvalue weighted by Gasteiger charge is -2.14. The Hall–Kier alpha value is -2.90. The topological polar surface area (TPSA) is 55.6 Å². The normalized spacial score (nSPS) is 16.2. The van der Waals surface area contributed by atoms with Crippen LogP contribution < -0.4 is 5.32 Å². The minimum Gasteiger partial charge on any atom is -0.316 e. The predicted octanol–water partition coefficient (Wildman–Crippen LogP) is 4.82. The molecule has 3 heterocycles. The molecule has 5 rings (SSSR count). The molecule has 0 saturated carbocycles. The number of imidazole rings is 1. The van der Waals surface area contributed by atoms with Crippen LogP contribution in [0.1, 0.15) is 17.8 Å². The van der Waals surface area contributed by atoms with Gasteiger partial charge in [0.25, 0.3) is 0 Å². The number of fused-ring (bicyclic) bond motifs is 1. The van der Waals surface area contributed by atoms with Crippen molar-refractivity contribution >= 4 is 22.8 Å². The summed E-state index contributed by atoms with van der Waals surface area (Å²) in [4.78, 5) is 13.9. The average Bonchev–Trinajstić information content (AvgIpc) is 3.42. The van der Waals surface area contributed by atoms with Crippen LogP contribution in [0.3, 0.4) is 0 Å². The summed E-state index contributed by atoms with van der Waals surface area (Å²) in [5, 5.41) is 3.69. The SMILES string of the molecule is Fc1ccc(CCc2ncc3nc(-c4c(F)cccc4Cl)n(C[C@H]4CCNC4)c3n2)cc1. The van der Waals surface area contributed by atoms with E-state index in [0.717, 1.165) is 25.1 Å². The maximum absolute atomic E-state index is 14.8. The van der Waals surface area contributed by atoms with Crippen molar-refractivity contribution in [2.24, 2.45) is 5.92 Å². The van der Waals surface area contributed by atoms with Gasteiger partial charge in [0.15, 0.2) is 5.65 Å². The monoisotopic (exact) mass is 453 g/mol. The maximum atomic E-state index is 14.8. The van der Waals surface area contributed by atoms with Crippen molar-refractivity contribution in [2.45, 2.75) is 25.8 Å². The molecule has 4 aromatic rings. The van der Waals surface area contributed by atoms with Gasteiger partial charge in [-0.05, 0) is 61.7 Å². The fourth-order valence-corrected chi connectivity index (χ4v) is 4.43. The van der Waals surface area contributed by atoms with Gasteiger partial charge in [-0.15, -0.1) is 0 Å². The van der Waals surface area contributed by atoms with E-state index in [-0.39, 0.29) is 11.4 Å². The first-order valence-electron chi connectivity index (χ1n) is 10.7. The first kappa shape index (κ1) is 21.0. The molecule has 1 aliphatic heterocycles. The predicted molar refractivity (Wildman–Crippen MR) is 121 cm³/mol. The van der Waals surface area contributed by atoms with Crippen molar-refractivity contribution in [1.29, 1.82) is 0 Å². The highest BCUT2D eigenvalue weighted by molar-refractivity contribution is 6.33. The number of hydrogen-bond donors (Lipinski definition) is 1. The molecule has 0 radical (unpaired) electrons. The highest BCUT2D eigenvalue weighted by Gasteiger charge is 2.23. The number of aromatic nitrogens is 4. The number of nitrogens with zero attached hydrogens (tertiary/aromatic N) is 4. The second-order valence-electron chi connectivity index (χ2n) is 8.12. The number of rotatable bonds is 6. The third-order valence-corrected chi connectivity index (χ3v) is 6.19. The lowest BCUT2D eigenvalue weighted by atomic mass is 10.1. The molecule has 1 saturated heterocycles. The highest BCUT2D eigenvalue weighted by atomic mass is 35.5. The molecule has 1 atom stereocenters. The van der Waals surface area contributed by atoms with Gasteiger partial charge in [0.2, 0.25) is 0 Å². The van der Waals surface area contributed by atoms with E-state index in [1.165, 1.54) is 18.2 Å². The Kier molecular flexibility index (Phi) is 5.85. The van der Waals surface area contributed by atoms with Crippen LogP contribution in [0, 0.1) is 17.6 Å². The fraction of sp³-hybridized carbons (Fsp3) is 0.292. The molecule has 5 nitrogen and oxygen atoms in total. The molecule has 2 aromatic heterocycles. The van der Waals surface area contributed by atoms with Crippen molar-refractivity contribution in [3.05, 3.63) is 76.7 Å². The van der Waals surface area contributed by atoms with Gasteiger partial charge in [-0.2, -0.15) is 0 Å². The van der Waals surface area contributed by atoms with E-state index >= 15 is 0 Å². The van der Waals surface area contributed by atoms with Crippen molar-refractivity contribution in [2.75, 3.05) is 13.1 Å². The summed E-state index contributed by atoms with van der Waals surface area (Å²) < 4.78 is 29.9. The van der Waals surface area contributed by atoms with Gasteiger partial charge in [0.05, 0.1) is 16.8 Å².